The summed E-state index contributed by atoms with van der Waals surface area (Å²) < 4.78 is 4.86. The molecule has 1 fully saturated rings. The number of rotatable bonds is 6. The fourth-order valence-electron chi connectivity index (χ4n) is 3.67. The summed E-state index contributed by atoms with van der Waals surface area (Å²) in [6.45, 7) is 5.35. The number of carbonyl (C=O) groups is 1. The van der Waals surface area contributed by atoms with Gasteiger partial charge in [0.15, 0.2) is 0 Å². The molecule has 0 spiro atoms. The van der Waals surface area contributed by atoms with E-state index in [2.05, 4.69) is 54.3 Å². The third-order valence-electron chi connectivity index (χ3n) is 4.74. The molecule has 0 aromatic heterocycles. The lowest BCUT2D eigenvalue weighted by Crippen LogP contribution is -2.23. The van der Waals surface area contributed by atoms with Crippen LogP contribution in [0.15, 0.2) is 42.5 Å². The lowest BCUT2D eigenvalue weighted by Gasteiger charge is -2.19. The second-order valence-electron chi connectivity index (χ2n) is 6.33. The lowest BCUT2D eigenvalue weighted by molar-refractivity contribution is -0.132. The number of ether oxygens (including phenoxy) is 1. The zero-order valence-corrected chi connectivity index (χ0v) is 13.1. The van der Waals surface area contributed by atoms with Gasteiger partial charge in [0, 0.05) is 13.1 Å². The van der Waals surface area contributed by atoms with Crippen LogP contribution in [0.5, 0.6) is 0 Å². The van der Waals surface area contributed by atoms with Crippen molar-refractivity contribution in [2.24, 2.45) is 5.92 Å². The van der Waals surface area contributed by atoms with E-state index in [0.29, 0.717) is 25.0 Å². The molecule has 0 N–H and O–H groups in total. The zero-order chi connectivity index (χ0) is 15.4. The highest BCUT2D eigenvalue weighted by atomic mass is 16.5. The summed E-state index contributed by atoms with van der Waals surface area (Å²) in [5.74, 6) is 1.23. The second-order valence-corrected chi connectivity index (χ2v) is 6.33. The van der Waals surface area contributed by atoms with Crippen molar-refractivity contribution < 1.29 is 9.53 Å². The first-order valence-electron chi connectivity index (χ1n) is 8.03. The number of hydrogen-bond acceptors (Lipinski definition) is 3. The average Bonchev–Trinajstić information content (AvgIpc) is 2.99. The van der Waals surface area contributed by atoms with Gasteiger partial charge in [-0.15, -0.1) is 0 Å². The van der Waals surface area contributed by atoms with Crippen molar-refractivity contribution >= 4 is 17.2 Å². The first kappa shape index (κ1) is 15.0. The average molecular weight is 297 g/mol. The molecule has 3 rings (SSSR count). The van der Waals surface area contributed by atoms with Crippen LogP contribution in [0.1, 0.15) is 31.2 Å². The Hall–Kier alpha value is -1.87. The molecule has 1 heterocycles. The third kappa shape index (κ3) is 3.30. The van der Waals surface area contributed by atoms with E-state index < -0.39 is 0 Å². The summed E-state index contributed by atoms with van der Waals surface area (Å²) in [5.41, 5.74) is 1.45. The first-order chi connectivity index (χ1) is 10.8. The van der Waals surface area contributed by atoms with Gasteiger partial charge in [-0.25, -0.2) is 0 Å². The Kier molecular flexibility index (Phi) is 4.74. The molecule has 0 aliphatic carbocycles. The smallest absolute Gasteiger partial charge is 0.294 e. The monoisotopic (exact) mass is 297 g/mol. The van der Waals surface area contributed by atoms with Crippen molar-refractivity contribution in [3.8, 4) is 0 Å². The molecule has 1 saturated heterocycles. The van der Waals surface area contributed by atoms with Crippen LogP contribution in [0, 0.1) is 5.92 Å². The summed E-state index contributed by atoms with van der Waals surface area (Å²) in [5, 5.41) is 2.69. The van der Waals surface area contributed by atoms with Gasteiger partial charge in [0.1, 0.15) is 6.73 Å². The fourth-order valence-corrected chi connectivity index (χ4v) is 3.67. The SMILES string of the molecule is C[C@@H](C[C@H]1CCN(COC=O)C1)c1cccc2ccccc12. The largest absolute Gasteiger partial charge is 0.452 e. The van der Waals surface area contributed by atoms with E-state index >= 15 is 0 Å². The summed E-state index contributed by atoms with van der Waals surface area (Å²) in [7, 11) is 0. The maximum Gasteiger partial charge on any atom is 0.294 e. The fraction of sp³-hybridized carbons (Fsp3) is 0.421. The van der Waals surface area contributed by atoms with Crippen molar-refractivity contribution in [2.75, 3.05) is 19.8 Å². The topological polar surface area (TPSA) is 29.5 Å². The van der Waals surface area contributed by atoms with Crippen molar-refractivity contribution in [1.29, 1.82) is 0 Å². The molecule has 0 unspecified atom stereocenters. The van der Waals surface area contributed by atoms with Crippen LogP contribution in [0.4, 0.5) is 0 Å². The van der Waals surface area contributed by atoms with E-state index in [4.69, 9.17) is 4.74 Å². The number of benzene rings is 2. The van der Waals surface area contributed by atoms with Crippen LogP contribution in [-0.4, -0.2) is 31.2 Å². The Bertz CT molecular complexity index is 635. The predicted molar refractivity (Wildman–Crippen MR) is 88.7 cm³/mol. The first-order valence-corrected chi connectivity index (χ1v) is 8.03. The minimum atomic E-state index is 0.433. The van der Waals surface area contributed by atoms with E-state index in [1.54, 1.807) is 0 Å². The predicted octanol–water partition coefficient (Wildman–Crippen LogP) is 3.79. The molecular weight excluding hydrogens is 274 g/mol. The van der Waals surface area contributed by atoms with Gasteiger partial charge >= 0.3 is 0 Å². The molecule has 3 nitrogen and oxygen atoms in total. The van der Waals surface area contributed by atoms with Gasteiger partial charge in [-0.05, 0) is 41.0 Å². The highest BCUT2D eigenvalue weighted by molar-refractivity contribution is 5.86. The van der Waals surface area contributed by atoms with E-state index in [0.717, 1.165) is 13.1 Å². The van der Waals surface area contributed by atoms with E-state index in [9.17, 15) is 4.79 Å². The number of likely N-dealkylation sites (tertiary alicyclic amines) is 1. The van der Waals surface area contributed by atoms with Crippen LogP contribution in [0.25, 0.3) is 10.8 Å². The summed E-state index contributed by atoms with van der Waals surface area (Å²) >= 11 is 0. The molecule has 3 heteroatoms. The van der Waals surface area contributed by atoms with Gasteiger partial charge in [0.25, 0.3) is 6.47 Å². The van der Waals surface area contributed by atoms with Gasteiger partial charge in [-0.3, -0.25) is 9.69 Å². The Balaban J connectivity index is 1.67. The van der Waals surface area contributed by atoms with Crippen molar-refractivity contribution in [2.45, 2.75) is 25.7 Å². The molecule has 0 amide bonds. The van der Waals surface area contributed by atoms with Gasteiger partial charge in [-0.2, -0.15) is 0 Å². The molecule has 1 aliphatic rings. The Morgan fingerprint density at radius 2 is 2.09 bits per heavy atom. The Morgan fingerprint density at radius 3 is 2.95 bits per heavy atom. The van der Waals surface area contributed by atoms with Crippen LogP contribution in [-0.2, 0) is 9.53 Å². The molecular formula is C19H23NO2. The molecule has 0 radical (unpaired) electrons. The summed E-state index contributed by atoms with van der Waals surface area (Å²) in [4.78, 5) is 12.5. The Morgan fingerprint density at radius 1 is 1.27 bits per heavy atom. The summed E-state index contributed by atoms with van der Waals surface area (Å²) in [6.07, 6.45) is 2.38. The van der Waals surface area contributed by atoms with Crippen LogP contribution < -0.4 is 0 Å². The second kappa shape index (κ2) is 6.93. The maximum atomic E-state index is 10.3. The Labute approximate surface area is 131 Å². The van der Waals surface area contributed by atoms with E-state index in [1.165, 1.54) is 29.2 Å². The van der Waals surface area contributed by atoms with Gasteiger partial charge < -0.3 is 4.74 Å². The van der Waals surface area contributed by atoms with Crippen molar-refractivity contribution in [1.82, 2.24) is 4.90 Å². The third-order valence-corrected chi connectivity index (χ3v) is 4.74. The molecule has 2 aromatic carbocycles. The van der Waals surface area contributed by atoms with Crippen molar-refractivity contribution in [3.05, 3.63) is 48.0 Å². The standard InChI is InChI=1S/C19H23NO2/c1-15(11-16-9-10-20(12-16)13-22-14-21)18-8-4-6-17-5-2-3-7-19(17)18/h2-8,14-16H,9-13H2,1H3/t15-,16+/m0/s1. The lowest BCUT2D eigenvalue weighted by atomic mass is 9.87. The molecule has 2 aromatic rings. The van der Waals surface area contributed by atoms with E-state index in [1.807, 2.05) is 0 Å². The molecule has 22 heavy (non-hydrogen) atoms. The number of carbonyl (C=O) groups excluding carboxylic acids is 1. The summed E-state index contributed by atoms with van der Waals surface area (Å²) in [6, 6.07) is 15.2. The number of hydrogen-bond donors (Lipinski definition) is 0. The van der Waals surface area contributed by atoms with E-state index in [-0.39, 0.29) is 0 Å². The van der Waals surface area contributed by atoms with Gasteiger partial charge in [0.05, 0.1) is 0 Å². The van der Waals surface area contributed by atoms with Gasteiger partial charge in [0.2, 0.25) is 0 Å². The van der Waals surface area contributed by atoms with Crippen LogP contribution in [0.2, 0.25) is 0 Å². The minimum Gasteiger partial charge on any atom is -0.452 e. The quantitative estimate of drug-likeness (QED) is 0.760. The zero-order valence-electron chi connectivity index (χ0n) is 13.1. The maximum absolute atomic E-state index is 10.3. The molecule has 0 saturated carbocycles. The molecule has 2 atom stereocenters. The van der Waals surface area contributed by atoms with Crippen molar-refractivity contribution in [3.63, 3.8) is 0 Å². The number of fused-ring (bicyclic) bond motifs is 1. The minimum absolute atomic E-state index is 0.433. The highest BCUT2D eigenvalue weighted by Crippen LogP contribution is 2.32. The van der Waals surface area contributed by atoms with Crippen LogP contribution in [0.3, 0.4) is 0 Å². The molecule has 0 bridgehead atoms. The molecule has 1 aliphatic heterocycles. The molecule has 116 valence electrons. The normalized spacial score (nSPS) is 20.1. The number of nitrogens with zero attached hydrogens (tertiary/aromatic N) is 1. The highest BCUT2D eigenvalue weighted by Gasteiger charge is 2.25. The van der Waals surface area contributed by atoms with Gasteiger partial charge in [-0.1, -0.05) is 49.4 Å². The van der Waals surface area contributed by atoms with Crippen LogP contribution >= 0.6 is 0 Å².